The Morgan fingerprint density at radius 3 is 2.66 bits per heavy atom. The van der Waals surface area contributed by atoms with Crippen molar-refractivity contribution in [3.63, 3.8) is 0 Å². The van der Waals surface area contributed by atoms with Crippen LogP contribution in [0.25, 0.3) is 0 Å². The van der Waals surface area contributed by atoms with Gasteiger partial charge in [-0.25, -0.2) is 10.4 Å². The second-order valence-corrected chi connectivity index (χ2v) is 10.7. The second kappa shape index (κ2) is 9.47. The van der Waals surface area contributed by atoms with E-state index in [9.17, 15) is 4.79 Å². The highest BCUT2D eigenvalue weighted by Gasteiger charge is 2.44. The van der Waals surface area contributed by atoms with Gasteiger partial charge in [0.2, 0.25) is 5.91 Å². The van der Waals surface area contributed by atoms with Gasteiger partial charge in [-0.05, 0) is 76.3 Å². The fraction of sp³-hybridized carbons (Fsp3) is 0.583. The van der Waals surface area contributed by atoms with Gasteiger partial charge in [0.15, 0.2) is 0 Å². The van der Waals surface area contributed by atoms with E-state index in [1.54, 1.807) is 11.3 Å². The number of fused-ring (bicyclic) bond motifs is 1. The van der Waals surface area contributed by atoms with Crippen LogP contribution >= 0.6 is 11.3 Å². The van der Waals surface area contributed by atoms with E-state index >= 15 is 0 Å². The van der Waals surface area contributed by atoms with Crippen LogP contribution in [0.4, 0.5) is 5.69 Å². The van der Waals surface area contributed by atoms with Gasteiger partial charge in [0.1, 0.15) is 17.9 Å². The van der Waals surface area contributed by atoms with E-state index in [-0.39, 0.29) is 24.0 Å². The summed E-state index contributed by atoms with van der Waals surface area (Å²) in [5.74, 6) is 1.67. The first-order chi connectivity index (χ1) is 15.5. The molecular formula is C24H33N5O2S. The number of rotatable bonds is 5. The number of aromatic nitrogens is 1. The Morgan fingerprint density at radius 1 is 1.16 bits per heavy atom. The van der Waals surface area contributed by atoms with E-state index in [1.807, 2.05) is 30.5 Å². The maximum absolute atomic E-state index is 13.1. The predicted molar refractivity (Wildman–Crippen MR) is 127 cm³/mol. The molecule has 2 aliphatic heterocycles. The topological polar surface area (TPSA) is 78.5 Å². The molecule has 2 aromatic rings. The number of nitrogens with one attached hydrogen (secondary N) is 3. The maximum Gasteiger partial charge on any atom is 0.243 e. The molecule has 4 atom stereocenters. The smallest absolute Gasteiger partial charge is 0.243 e. The molecule has 1 aromatic heterocycles. The van der Waals surface area contributed by atoms with Crippen molar-refractivity contribution in [3.8, 4) is 5.75 Å². The number of hydrogen-bond donors (Lipinski definition) is 3. The number of anilines is 1. The van der Waals surface area contributed by atoms with E-state index < -0.39 is 0 Å². The summed E-state index contributed by atoms with van der Waals surface area (Å²) in [7, 11) is 2.15. The molecule has 3 fully saturated rings. The number of hydrogen-bond acceptors (Lipinski definition) is 7. The van der Waals surface area contributed by atoms with Crippen molar-refractivity contribution in [2.75, 3.05) is 25.5 Å². The largest absolute Gasteiger partial charge is 0.490 e. The number of likely N-dealkylation sites (tertiary alicyclic amines) is 1. The predicted octanol–water partition coefficient (Wildman–Crippen LogP) is 3.29. The third-order valence-electron chi connectivity index (χ3n) is 7.17. The molecule has 2 saturated heterocycles. The highest BCUT2D eigenvalue weighted by Crippen LogP contribution is 2.41. The van der Waals surface area contributed by atoms with Crippen molar-refractivity contribution in [1.29, 1.82) is 0 Å². The minimum atomic E-state index is -0.230. The number of aryl methyl sites for hydroxylation is 1. The molecule has 5 rings (SSSR count). The van der Waals surface area contributed by atoms with Crippen LogP contribution in [0.5, 0.6) is 5.75 Å². The normalized spacial score (nSPS) is 28.9. The number of carbonyl (C=O) groups excluding carboxylic acids is 1. The molecule has 0 spiro atoms. The van der Waals surface area contributed by atoms with Crippen molar-refractivity contribution < 1.29 is 9.53 Å². The van der Waals surface area contributed by atoms with Crippen LogP contribution in [0.2, 0.25) is 0 Å². The van der Waals surface area contributed by atoms with Crippen LogP contribution in [0.1, 0.15) is 47.9 Å². The Kier molecular flexibility index (Phi) is 6.46. The fourth-order valence-electron chi connectivity index (χ4n) is 5.27. The van der Waals surface area contributed by atoms with Crippen molar-refractivity contribution >= 4 is 22.9 Å². The number of ether oxygens (including phenoxy) is 1. The lowest BCUT2D eigenvalue weighted by Gasteiger charge is -2.32. The van der Waals surface area contributed by atoms with E-state index in [0.29, 0.717) is 12.0 Å². The molecule has 0 bridgehead atoms. The minimum Gasteiger partial charge on any atom is -0.490 e. The van der Waals surface area contributed by atoms with Gasteiger partial charge in [0.25, 0.3) is 0 Å². The summed E-state index contributed by atoms with van der Waals surface area (Å²) in [6.07, 6.45) is 7.63. The number of thiazole rings is 1. The molecule has 3 N–H and O–H groups in total. The van der Waals surface area contributed by atoms with Gasteiger partial charge in [0.05, 0.1) is 5.01 Å². The average molecular weight is 456 g/mol. The van der Waals surface area contributed by atoms with Crippen molar-refractivity contribution in [1.82, 2.24) is 20.7 Å². The van der Waals surface area contributed by atoms with Gasteiger partial charge in [-0.15, -0.1) is 11.3 Å². The van der Waals surface area contributed by atoms with E-state index in [4.69, 9.17) is 4.74 Å². The Morgan fingerprint density at radius 2 is 1.94 bits per heavy atom. The van der Waals surface area contributed by atoms with Crippen molar-refractivity contribution in [3.05, 3.63) is 40.3 Å². The summed E-state index contributed by atoms with van der Waals surface area (Å²) in [6, 6.07) is 7.91. The molecule has 1 amide bonds. The van der Waals surface area contributed by atoms with Crippen LogP contribution in [-0.4, -0.2) is 54.1 Å². The molecule has 32 heavy (non-hydrogen) atoms. The van der Waals surface area contributed by atoms with Gasteiger partial charge in [0, 0.05) is 41.8 Å². The standard InChI is InChI=1S/C24H33N5O2S/c1-15-25-14-22(32-15)16-3-8-21-20(13-16)23(28-27-21)24(30)26-17-4-6-18(7-5-17)31-19-9-11-29(2)12-10-19/h4-7,14,16,19-21,23,27-28H,3,8-13H2,1-2H3,(H,26,30). The van der Waals surface area contributed by atoms with Gasteiger partial charge in [-0.1, -0.05) is 0 Å². The number of benzene rings is 1. The summed E-state index contributed by atoms with van der Waals surface area (Å²) in [5.41, 5.74) is 7.43. The van der Waals surface area contributed by atoms with Gasteiger partial charge in [-0.3, -0.25) is 10.2 Å². The van der Waals surface area contributed by atoms with Crippen LogP contribution in [0.15, 0.2) is 30.5 Å². The van der Waals surface area contributed by atoms with E-state index in [1.165, 1.54) is 4.88 Å². The lowest BCUT2D eigenvalue weighted by atomic mass is 9.75. The number of nitrogens with zero attached hydrogens (tertiary/aromatic N) is 2. The highest BCUT2D eigenvalue weighted by atomic mass is 32.1. The number of carbonyl (C=O) groups is 1. The third-order valence-corrected chi connectivity index (χ3v) is 8.24. The number of hydrazine groups is 1. The van der Waals surface area contributed by atoms with Gasteiger partial charge < -0.3 is 15.0 Å². The Hall–Kier alpha value is -2.00. The molecule has 1 aromatic carbocycles. The molecule has 4 unspecified atom stereocenters. The summed E-state index contributed by atoms with van der Waals surface area (Å²) in [4.78, 5) is 21.2. The molecule has 3 heterocycles. The Labute approximate surface area is 193 Å². The summed E-state index contributed by atoms with van der Waals surface area (Å²) in [5, 5.41) is 4.21. The van der Waals surface area contributed by atoms with E-state index in [2.05, 4.69) is 40.0 Å². The zero-order valence-corrected chi connectivity index (χ0v) is 19.7. The van der Waals surface area contributed by atoms with Crippen molar-refractivity contribution in [2.24, 2.45) is 5.92 Å². The minimum absolute atomic E-state index is 0.0233. The molecule has 8 heteroatoms. The monoisotopic (exact) mass is 455 g/mol. The zero-order valence-electron chi connectivity index (χ0n) is 18.8. The third kappa shape index (κ3) is 4.83. The van der Waals surface area contributed by atoms with Crippen LogP contribution in [0, 0.1) is 12.8 Å². The molecule has 1 saturated carbocycles. The molecule has 1 aliphatic carbocycles. The quantitative estimate of drug-likeness (QED) is 0.642. The van der Waals surface area contributed by atoms with Crippen LogP contribution < -0.4 is 20.9 Å². The Bertz CT molecular complexity index is 925. The highest BCUT2D eigenvalue weighted by molar-refractivity contribution is 7.11. The summed E-state index contributed by atoms with van der Waals surface area (Å²) >= 11 is 1.79. The lowest BCUT2D eigenvalue weighted by Crippen LogP contribution is -2.42. The van der Waals surface area contributed by atoms with Gasteiger partial charge in [-0.2, -0.15) is 0 Å². The maximum atomic E-state index is 13.1. The average Bonchev–Trinajstić information content (AvgIpc) is 3.42. The first-order valence-electron chi connectivity index (χ1n) is 11.7. The summed E-state index contributed by atoms with van der Waals surface area (Å²) in [6.45, 7) is 4.21. The first kappa shape index (κ1) is 21.8. The van der Waals surface area contributed by atoms with Crippen molar-refractivity contribution in [2.45, 2.75) is 63.1 Å². The molecule has 0 radical (unpaired) electrons. The SMILES string of the molecule is Cc1ncc(C2CCC3NNC(C(=O)Nc4ccc(OC5CCN(C)CC5)cc4)C3C2)s1. The first-order valence-corrected chi connectivity index (χ1v) is 12.6. The number of piperidine rings is 1. The number of amides is 1. The molecule has 7 nitrogen and oxygen atoms in total. The molecule has 3 aliphatic rings. The van der Waals surface area contributed by atoms with Crippen LogP contribution in [-0.2, 0) is 4.79 Å². The van der Waals surface area contributed by atoms with Gasteiger partial charge >= 0.3 is 0 Å². The fourth-order valence-corrected chi connectivity index (χ4v) is 6.21. The second-order valence-electron chi connectivity index (χ2n) is 9.46. The lowest BCUT2D eigenvalue weighted by molar-refractivity contribution is -0.119. The zero-order chi connectivity index (χ0) is 22.1. The molecule has 172 valence electrons. The van der Waals surface area contributed by atoms with E-state index in [0.717, 1.165) is 61.6 Å². The Balaban J connectivity index is 1.17. The molecular weight excluding hydrogens is 422 g/mol. The van der Waals surface area contributed by atoms with Crippen LogP contribution in [0.3, 0.4) is 0 Å². The summed E-state index contributed by atoms with van der Waals surface area (Å²) < 4.78 is 6.12.